The SMILES string of the molecule is CCCCC/C=C\CCCOC(=O)CCCCCN(CCN(CCO)CCCCCC(=O)OCC(CCCCCCCC)CCCCCCCC)C1CCCCC1. The lowest BCUT2D eigenvalue weighted by atomic mass is 9.94. The first-order valence-electron chi connectivity index (χ1n) is 25.1. The molecule has 0 bridgehead atoms. The van der Waals surface area contributed by atoms with Crippen LogP contribution in [0.3, 0.4) is 0 Å². The first-order valence-corrected chi connectivity index (χ1v) is 25.1. The highest BCUT2D eigenvalue weighted by atomic mass is 16.5. The zero-order valence-electron chi connectivity index (χ0n) is 38.3. The van der Waals surface area contributed by atoms with Crippen LogP contribution in [-0.4, -0.2) is 85.4 Å². The summed E-state index contributed by atoms with van der Waals surface area (Å²) in [5, 5.41) is 9.85. The van der Waals surface area contributed by atoms with E-state index in [1.807, 2.05) is 0 Å². The minimum atomic E-state index is -0.0474. The van der Waals surface area contributed by atoms with E-state index in [2.05, 4.69) is 42.7 Å². The van der Waals surface area contributed by atoms with Crippen molar-refractivity contribution in [1.29, 1.82) is 0 Å². The van der Waals surface area contributed by atoms with Gasteiger partial charge in [-0.15, -0.1) is 0 Å². The molecular weight excluding hydrogens is 709 g/mol. The van der Waals surface area contributed by atoms with E-state index in [4.69, 9.17) is 9.47 Å². The molecule has 0 amide bonds. The number of carbonyl (C=O) groups is 2. The van der Waals surface area contributed by atoms with Gasteiger partial charge in [0.2, 0.25) is 0 Å². The maximum atomic E-state index is 12.7. The average molecular weight is 805 g/mol. The molecule has 1 N–H and O–H groups in total. The standard InChI is InChI=1S/C50H96N2O5/c1-4-7-10-13-16-17-20-32-45-56-49(54)37-29-23-31-40-52(48-35-26-21-27-36-48)42-41-51(43-44-53)39-30-22-28-38-50(55)57-46-47(33-24-18-14-11-8-5-2)34-25-19-15-12-9-6-3/h16-17,47-48,53H,4-15,18-46H2,1-3H3/b17-16-. The van der Waals surface area contributed by atoms with Gasteiger partial charge < -0.3 is 14.6 Å². The van der Waals surface area contributed by atoms with Crippen LogP contribution in [0.15, 0.2) is 12.2 Å². The zero-order chi connectivity index (χ0) is 41.3. The second kappa shape index (κ2) is 41.3. The maximum absolute atomic E-state index is 12.7. The van der Waals surface area contributed by atoms with Gasteiger partial charge in [-0.25, -0.2) is 0 Å². The Morgan fingerprint density at radius 2 is 1.09 bits per heavy atom. The van der Waals surface area contributed by atoms with Gasteiger partial charge in [-0.2, -0.15) is 0 Å². The van der Waals surface area contributed by atoms with E-state index in [1.54, 1.807) is 0 Å². The molecule has 336 valence electrons. The van der Waals surface area contributed by atoms with Gasteiger partial charge in [0.05, 0.1) is 19.8 Å². The predicted octanol–water partition coefficient (Wildman–Crippen LogP) is 13.2. The molecule has 0 unspecified atom stereocenters. The fourth-order valence-electron chi connectivity index (χ4n) is 8.44. The molecule has 7 heteroatoms. The lowest BCUT2D eigenvalue weighted by Gasteiger charge is -2.36. The second-order valence-corrected chi connectivity index (χ2v) is 17.5. The van der Waals surface area contributed by atoms with Crippen molar-refractivity contribution in [3.05, 3.63) is 12.2 Å². The molecule has 0 radical (unpaired) electrons. The summed E-state index contributed by atoms with van der Waals surface area (Å²) in [5.41, 5.74) is 0. The van der Waals surface area contributed by atoms with E-state index in [-0.39, 0.29) is 18.5 Å². The molecule has 1 rings (SSSR count). The van der Waals surface area contributed by atoms with Gasteiger partial charge in [0, 0.05) is 38.5 Å². The molecule has 0 aromatic carbocycles. The smallest absolute Gasteiger partial charge is 0.305 e. The van der Waals surface area contributed by atoms with Gasteiger partial charge in [0.15, 0.2) is 0 Å². The largest absolute Gasteiger partial charge is 0.466 e. The molecule has 7 nitrogen and oxygen atoms in total. The Kier molecular flexibility index (Phi) is 38.8. The Balaban J connectivity index is 2.35. The van der Waals surface area contributed by atoms with Crippen LogP contribution >= 0.6 is 0 Å². The van der Waals surface area contributed by atoms with Crippen molar-refractivity contribution in [3.8, 4) is 0 Å². The summed E-state index contributed by atoms with van der Waals surface area (Å²) in [6, 6.07) is 0.655. The minimum Gasteiger partial charge on any atom is -0.466 e. The number of rotatable bonds is 42. The van der Waals surface area contributed by atoms with Crippen LogP contribution in [0.5, 0.6) is 0 Å². The second-order valence-electron chi connectivity index (χ2n) is 17.5. The van der Waals surface area contributed by atoms with Crippen molar-refractivity contribution in [1.82, 2.24) is 9.80 Å². The predicted molar refractivity (Wildman–Crippen MR) is 243 cm³/mol. The molecule has 1 aliphatic rings. The summed E-state index contributed by atoms with van der Waals surface area (Å²) in [6.07, 6.45) is 43.2. The fourth-order valence-corrected chi connectivity index (χ4v) is 8.44. The van der Waals surface area contributed by atoms with Crippen LogP contribution in [0.4, 0.5) is 0 Å². The van der Waals surface area contributed by atoms with Crippen molar-refractivity contribution in [2.45, 2.75) is 239 Å². The number of unbranched alkanes of at least 4 members (excludes halogenated alkanes) is 18. The van der Waals surface area contributed by atoms with E-state index in [0.29, 0.717) is 44.6 Å². The normalized spacial score (nSPS) is 13.8. The summed E-state index contributed by atoms with van der Waals surface area (Å²) >= 11 is 0. The fraction of sp³-hybridized carbons (Fsp3) is 0.920. The monoisotopic (exact) mass is 805 g/mol. The van der Waals surface area contributed by atoms with E-state index in [9.17, 15) is 14.7 Å². The first kappa shape index (κ1) is 53.6. The summed E-state index contributed by atoms with van der Waals surface area (Å²) in [6.45, 7) is 12.8. The third-order valence-corrected chi connectivity index (χ3v) is 12.2. The van der Waals surface area contributed by atoms with Gasteiger partial charge in [-0.1, -0.05) is 155 Å². The molecule has 0 aromatic rings. The van der Waals surface area contributed by atoms with Crippen molar-refractivity contribution in [2.75, 3.05) is 52.5 Å². The van der Waals surface area contributed by atoms with Crippen molar-refractivity contribution in [2.24, 2.45) is 5.92 Å². The number of carbonyl (C=O) groups excluding carboxylic acids is 2. The Morgan fingerprint density at radius 3 is 1.70 bits per heavy atom. The Morgan fingerprint density at radius 1 is 0.561 bits per heavy atom. The Hall–Kier alpha value is -1.44. The molecule has 0 aliphatic heterocycles. The molecule has 0 saturated heterocycles. The molecule has 1 fully saturated rings. The van der Waals surface area contributed by atoms with Gasteiger partial charge in [-0.05, 0) is 96.1 Å². The van der Waals surface area contributed by atoms with E-state index in [0.717, 1.165) is 84.0 Å². The third kappa shape index (κ3) is 34.0. The minimum absolute atomic E-state index is 0.0189. The van der Waals surface area contributed by atoms with Crippen LogP contribution in [0.1, 0.15) is 233 Å². The van der Waals surface area contributed by atoms with Crippen LogP contribution in [0, 0.1) is 5.92 Å². The molecule has 0 aromatic heterocycles. The molecule has 0 spiro atoms. The highest BCUT2D eigenvalue weighted by Gasteiger charge is 2.21. The quantitative estimate of drug-likeness (QED) is 0.0374. The number of allylic oxidation sites excluding steroid dienone is 2. The molecule has 0 atom stereocenters. The number of aliphatic hydroxyl groups is 1. The summed E-state index contributed by atoms with van der Waals surface area (Å²) in [7, 11) is 0. The van der Waals surface area contributed by atoms with E-state index >= 15 is 0 Å². The van der Waals surface area contributed by atoms with Gasteiger partial charge in [0.25, 0.3) is 0 Å². The highest BCUT2D eigenvalue weighted by molar-refractivity contribution is 5.69. The van der Waals surface area contributed by atoms with Gasteiger partial charge >= 0.3 is 11.9 Å². The van der Waals surface area contributed by atoms with Gasteiger partial charge in [-0.3, -0.25) is 19.4 Å². The number of ether oxygens (including phenoxy) is 2. The van der Waals surface area contributed by atoms with Crippen LogP contribution in [-0.2, 0) is 19.1 Å². The van der Waals surface area contributed by atoms with Crippen LogP contribution in [0.2, 0.25) is 0 Å². The number of nitrogens with zero attached hydrogens (tertiary/aromatic N) is 2. The molecule has 1 aliphatic carbocycles. The lowest BCUT2D eigenvalue weighted by Crippen LogP contribution is -2.43. The average Bonchev–Trinajstić information content (AvgIpc) is 3.22. The van der Waals surface area contributed by atoms with E-state index < -0.39 is 0 Å². The highest BCUT2D eigenvalue weighted by Crippen LogP contribution is 2.24. The number of hydrogen-bond donors (Lipinski definition) is 1. The molecule has 57 heavy (non-hydrogen) atoms. The topological polar surface area (TPSA) is 79.3 Å². The summed E-state index contributed by atoms with van der Waals surface area (Å²) in [5.74, 6) is 0.450. The molecular formula is C50H96N2O5. The van der Waals surface area contributed by atoms with Gasteiger partial charge in [0.1, 0.15) is 0 Å². The number of esters is 2. The molecule has 1 saturated carbocycles. The van der Waals surface area contributed by atoms with Crippen molar-refractivity contribution < 1.29 is 24.2 Å². The van der Waals surface area contributed by atoms with Crippen LogP contribution < -0.4 is 0 Å². The van der Waals surface area contributed by atoms with E-state index in [1.165, 1.54) is 141 Å². The molecule has 0 heterocycles. The maximum Gasteiger partial charge on any atom is 0.305 e. The van der Waals surface area contributed by atoms with Crippen LogP contribution in [0.25, 0.3) is 0 Å². The Labute approximate surface area is 354 Å². The number of aliphatic hydroxyl groups excluding tert-OH is 1. The third-order valence-electron chi connectivity index (χ3n) is 12.2. The first-order chi connectivity index (χ1) is 28.0. The lowest BCUT2D eigenvalue weighted by molar-refractivity contribution is -0.145. The number of hydrogen-bond acceptors (Lipinski definition) is 7. The van der Waals surface area contributed by atoms with Crippen molar-refractivity contribution in [3.63, 3.8) is 0 Å². The summed E-state index contributed by atoms with van der Waals surface area (Å²) in [4.78, 5) is 30.1. The zero-order valence-corrected chi connectivity index (χ0v) is 38.3. The Bertz CT molecular complexity index is 891. The van der Waals surface area contributed by atoms with Crippen molar-refractivity contribution >= 4 is 11.9 Å². The summed E-state index contributed by atoms with van der Waals surface area (Å²) < 4.78 is 11.4.